The molecule has 0 amide bonds. The number of ether oxygens (including phenoxy) is 4. The van der Waals surface area contributed by atoms with E-state index in [0.29, 0.717) is 23.6 Å². The van der Waals surface area contributed by atoms with Crippen LogP contribution in [0.3, 0.4) is 0 Å². The molecular weight excluding hydrogens is 492 g/mol. The molecule has 0 aromatic heterocycles. The summed E-state index contributed by atoms with van der Waals surface area (Å²) >= 11 is 6.46. The molecule has 5 atom stereocenters. The van der Waals surface area contributed by atoms with Crippen LogP contribution in [0.5, 0.6) is 5.75 Å². The fourth-order valence-corrected chi connectivity index (χ4v) is 4.44. The van der Waals surface area contributed by atoms with Crippen molar-refractivity contribution in [1.29, 1.82) is 0 Å². The second-order valence-electron chi connectivity index (χ2n) is 8.46. The van der Waals surface area contributed by atoms with Crippen LogP contribution in [0.2, 0.25) is 5.02 Å². The molecule has 10 heteroatoms. The van der Waals surface area contributed by atoms with Gasteiger partial charge in [0.2, 0.25) is 0 Å². The van der Waals surface area contributed by atoms with Gasteiger partial charge >= 0.3 is 17.9 Å². The first-order chi connectivity index (χ1) is 17.1. The van der Waals surface area contributed by atoms with Crippen LogP contribution in [0, 0.1) is 5.92 Å². The number of aliphatic carboxylic acids is 1. The third kappa shape index (κ3) is 6.96. The highest BCUT2D eigenvalue weighted by atomic mass is 35.5. The maximum absolute atomic E-state index is 11.9. The summed E-state index contributed by atoms with van der Waals surface area (Å²) in [5.74, 6) is -3.03. The number of aliphatic hydroxyl groups excluding tert-OH is 1. The van der Waals surface area contributed by atoms with Gasteiger partial charge in [0.15, 0.2) is 12.4 Å². The minimum Gasteiger partial charge on any atom is -0.494 e. The first kappa shape index (κ1) is 27.4. The summed E-state index contributed by atoms with van der Waals surface area (Å²) in [7, 11) is 0. The largest absolute Gasteiger partial charge is 0.494 e. The molecule has 2 aromatic rings. The van der Waals surface area contributed by atoms with Gasteiger partial charge in [0, 0.05) is 18.9 Å². The molecule has 2 aromatic carbocycles. The van der Waals surface area contributed by atoms with Crippen molar-refractivity contribution >= 4 is 29.5 Å². The van der Waals surface area contributed by atoms with Gasteiger partial charge in [-0.1, -0.05) is 35.9 Å². The number of carboxylic acids is 1. The molecule has 0 bridgehead atoms. The number of benzene rings is 2. The van der Waals surface area contributed by atoms with E-state index in [1.54, 1.807) is 18.2 Å². The van der Waals surface area contributed by atoms with Gasteiger partial charge in [-0.2, -0.15) is 0 Å². The molecule has 9 nitrogen and oxygen atoms in total. The molecule has 0 saturated carbocycles. The van der Waals surface area contributed by atoms with Crippen LogP contribution in [0.1, 0.15) is 50.0 Å². The zero-order valence-corrected chi connectivity index (χ0v) is 20.9. The Morgan fingerprint density at radius 3 is 2.22 bits per heavy atom. The third-order valence-corrected chi connectivity index (χ3v) is 6.11. The summed E-state index contributed by atoms with van der Waals surface area (Å²) in [4.78, 5) is 35.2. The van der Waals surface area contributed by atoms with E-state index in [0.717, 1.165) is 23.8 Å². The van der Waals surface area contributed by atoms with Crippen LogP contribution < -0.4 is 4.74 Å². The van der Waals surface area contributed by atoms with Crippen LogP contribution in [-0.2, 0) is 35.0 Å². The number of rotatable bonds is 9. The average molecular weight is 521 g/mol. The normalized spacial score (nSPS) is 23.5. The maximum Gasteiger partial charge on any atom is 0.303 e. The lowest BCUT2D eigenvalue weighted by Gasteiger charge is -2.43. The molecule has 1 fully saturated rings. The second-order valence-corrected chi connectivity index (χ2v) is 8.87. The van der Waals surface area contributed by atoms with E-state index in [1.807, 2.05) is 31.2 Å². The lowest BCUT2D eigenvalue weighted by molar-refractivity contribution is -0.275. The Kier molecular flexibility index (Phi) is 9.31. The monoisotopic (exact) mass is 520 g/mol. The van der Waals surface area contributed by atoms with Crippen LogP contribution in [-0.4, -0.2) is 53.2 Å². The molecule has 194 valence electrons. The number of aliphatic hydroxyl groups is 1. The molecule has 0 radical (unpaired) electrons. The number of carbonyl (C=O) groups excluding carboxylic acids is 2. The van der Waals surface area contributed by atoms with Crippen molar-refractivity contribution in [3.8, 4) is 5.75 Å². The summed E-state index contributed by atoms with van der Waals surface area (Å²) in [6.07, 6.45) is -5.17. The van der Waals surface area contributed by atoms with Crippen LogP contribution >= 0.6 is 11.6 Å². The molecule has 1 saturated heterocycles. The fraction of sp³-hybridized carbons (Fsp3) is 0.423. The van der Waals surface area contributed by atoms with E-state index in [4.69, 9.17) is 30.5 Å². The Morgan fingerprint density at radius 1 is 1.00 bits per heavy atom. The second kappa shape index (κ2) is 12.2. The van der Waals surface area contributed by atoms with Crippen molar-refractivity contribution in [3.63, 3.8) is 0 Å². The van der Waals surface area contributed by atoms with Crippen LogP contribution in [0.4, 0.5) is 0 Å². The predicted molar refractivity (Wildman–Crippen MR) is 129 cm³/mol. The summed E-state index contributed by atoms with van der Waals surface area (Å²) in [5.41, 5.74) is 2.23. The predicted octanol–water partition coefficient (Wildman–Crippen LogP) is 3.67. The minimum atomic E-state index is -1.59. The molecule has 1 heterocycles. The van der Waals surface area contributed by atoms with Gasteiger partial charge in [0.1, 0.15) is 18.0 Å². The first-order valence-corrected chi connectivity index (χ1v) is 11.9. The zero-order valence-electron chi connectivity index (χ0n) is 20.2. The van der Waals surface area contributed by atoms with Gasteiger partial charge in [-0.15, -0.1) is 0 Å². The van der Waals surface area contributed by atoms with Gasteiger partial charge < -0.3 is 29.2 Å². The van der Waals surface area contributed by atoms with Gasteiger partial charge in [-0.25, -0.2) is 0 Å². The van der Waals surface area contributed by atoms with E-state index in [2.05, 4.69) is 0 Å². The van der Waals surface area contributed by atoms with Crippen molar-refractivity contribution in [2.24, 2.45) is 5.92 Å². The zero-order chi connectivity index (χ0) is 26.4. The summed E-state index contributed by atoms with van der Waals surface area (Å²) < 4.78 is 22.1. The van der Waals surface area contributed by atoms with Crippen molar-refractivity contribution in [2.45, 2.75) is 58.2 Å². The maximum atomic E-state index is 11.9. The topological polar surface area (TPSA) is 129 Å². The molecular formula is C26H29ClO9. The third-order valence-electron chi connectivity index (χ3n) is 5.74. The minimum absolute atomic E-state index is 0.474. The number of hydrogen-bond acceptors (Lipinski definition) is 8. The van der Waals surface area contributed by atoms with E-state index < -0.39 is 54.8 Å². The van der Waals surface area contributed by atoms with E-state index in [-0.39, 0.29) is 0 Å². The number of hydrogen-bond donors (Lipinski definition) is 2. The number of carboxylic acid groups (broad SMARTS) is 1. The first-order valence-electron chi connectivity index (χ1n) is 11.5. The van der Waals surface area contributed by atoms with Gasteiger partial charge in [-0.3, -0.25) is 14.4 Å². The van der Waals surface area contributed by atoms with Gasteiger partial charge in [0.05, 0.1) is 18.9 Å². The quantitative estimate of drug-likeness (QED) is 0.476. The average Bonchev–Trinajstić information content (AvgIpc) is 2.80. The van der Waals surface area contributed by atoms with Crippen LogP contribution in [0.15, 0.2) is 42.5 Å². The Balaban J connectivity index is 1.96. The molecule has 2 N–H and O–H groups in total. The molecule has 0 aliphatic carbocycles. The van der Waals surface area contributed by atoms with E-state index >= 15 is 0 Å². The Morgan fingerprint density at radius 2 is 1.64 bits per heavy atom. The van der Waals surface area contributed by atoms with Crippen molar-refractivity contribution in [2.75, 3.05) is 6.61 Å². The molecule has 3 rings (SSSR count). The lowest BCUT2D eigenvalue weighted by Crippen LogP contribution is -2.54. The Hall–Kier alpha value is -3.14. The van der Waals surface area contributed by atoms with Gasteiger partial charge in [-0.05, 0) is 48.2 Å². The summed E-state index contributed by atoms with van der Waals surface area (Å²) in [5, 5.41) is 20.5. The summed E-state index contributed by atoms with van der Waals surface area (Å²) in [6, 6.07) is 12.6. The molecule has 1 aliphatic heterocycles. The van der Waals surface area contributed by atoms with E-state index in [9.17, 15) is 24.6 Å². The summed E-state index contributed by atoms with van der Waals surface area (Å²) in [6.45, 7) is 4.79. The molecule has 36 heavy (non-hydrogen) atoms. The van der Waals surface area contributed by atoms with Crippen molar-refractivity contribution in [1.82, 2.24) is 0 Å². The lowest BCUT2D eigenvalue weighted by atomic mass is 9.85. The van der Waals surface area contributed by atoms with Crippen molar-refractivity contribution < 1.29 is 43.5 Å². The number of carbonyl (C=O) groups is 3. The Bertz CT molecular complexity index is 1090. The number of esters is 2. The van der Waals surface area contributed by atoms with E-state index in [1.165, 1.54) is 6.92 Å². The molecule has 1 unspecified atom stereocenters. The highest BCUT2D eigenvalue weighted by Gasteiger charge is 2.50. The molecule has 1 aliphatic rings. The van der Waals surface area contributed by atoms with Crippen molar-refractivity contribution in [3.05, 3.63) is 64.2 Å². The fourth-order valence-electron chi connectivity index (χ4n) is 4.26. The van der Waals surface area contributed by atoms with Gasteiger partial charge in [0.25, 0.3) is 0 Å². The van der Waals surface area contributed by atoms with Crippen LogP contribution in [0.25, 0.3) is 0 Å². The smallest absolute Gasteiger partial charge is 0.303 e. The highest BCUT2D eigenvalue weighted by Crippen LogP contribution is 2.40. The highest BCUT2D eigenvalue weighted by molar-refractivity contribution is 6.31. The molecule has 0 spiro atoms. The SMILES string of the molecule is CCOc1ccc(Cc2cc([C@@H]3OC(O)[C@@H](CC(=O)O)[C@@H](OC(C)=O)[C@@H]3OC(C)=O)ccc2Cl)cc1. The Labute approximate surface area is 213 Å². The standard InChI is InChI=1S/C26H29ClO9/c1-4-33-19-8-5-16(6-9-19)11-18-12-17(7-10-21(18)27)23-25(35-15(3)29)24(34-14(2)28)20(13-22(30)31)26(32)36-23/h5-10,12,20,23-26,32H,4,11,13H2,1-3H3,(H,30,31)/t20-,23-,24+,25+,26?/m0/s1. The number of halogens is 1.